The third kappa shape index (κ3) is 1.62. The molecule has 1 aromatic carbocycles. The van der Waals surface area contributed by atoms with Gasteiger partial charge in [0.05, 0.1) is 0 Å². The SMILES string of the molecule is CC1(C)C2Cc3cccc4c3C1(CCN2C(=O)N1CCCCC1)O4. The van der Waals surface area contributed by atoms with Crippen molar-refractivity contribution in [1.29, 1.82) is 0 Å². The maximum Gasteiger partial charge on any atom is 0.320 e. The standard InChI is InChI=1S/C20H26N2O2/c1-19(2)16-13-14-7-6-8-15-17(14)20(19,24-15)9-12-22(16)18(23)21-10-4-3-5-11-21/h6-8,16H,3-5,9-13H2,1-2H3. The van der Waals surface area contributed by atoms with Gasteiger partial charge in [-0.1, -0.05) is 26.0 Å². The number of piperidine rings is 2. The first-order chi connectivity index (χ1) is 11.5. The summed E-state index contributed by atoms with van der Waals surface area (Å²) in [7, 11) is 0. The summed E-state index contributed by atoms with van der Waals surface area (Å²) in [5.41, 5.74) is 2.59. The van der Waals surface area contributed by atoms with Crippen LogP contribution in [0.15, 0.2) is 18.2 Å². The van der Waals surface area contributed by atoms with Crippen LogP contribution in [0.1, 0.15) is 50.7 Å². The molecule has 4 aliphatic rings. The Labute approximate surface area is 143 Å². The molecule has 4 heteroatoms. The monoisotopic (exact) mass is 326 g/mol. The fourth-order valence-corrected chi connectivity index (χ4v) is 5.60. The van der Waals surface area contributed by atoms with Gasteiger partial charge in [0.25, 0.3) is 0 Å². The largest absolute Gasteiger partial charge is 0.481 e. The molecule has 2 unspecified atom stereocenters. The van der Waals surface area contributed by atoms with E-state index >= 15 is 0 Å². The van der Waals surface area contributed by atoms with E-state index in [9.17, 15) is 4.79 Å². The molecule has 2 amide bonds. The van der Waals surface area contributed by atoms with E-state index in [-0.39, 0.29) is 23.1 Å². The van der Waals surface area contributed by atoms with Crippen molar-refractivity contribution in [1.82, 2.24) is 9.80 Å². The lowest BCUT2D eigenvalue weighted by Gasteiger charge is -2.65. The maximum atomic E-state index is 13.2. The van der Waals surface area contributed by atoms with Gasteiger partial charge in [-0.05, 0) is 37.3 Å². The lowest BCUT2D eigenvalue weighted by molar-refractivity contribution is -0.167. The Bertz CT molecular complexity index is 708. The smallest absolute Gasteiger partial charge is 0.320 e. The van der Waals surface area contributed by atoms with Crippen LogP contribution in [-0.4, -0.2) is 41.5 Å². The first kappa shape index (κ1) is 14.6. The number of benzene rings is 1. The first-order valence-electron chi connectivity index (χ1n) is 9.41. The number of urea groups is 1. The molecule has 5 rings (SSSR count). The molecule has 128 valence electrons. The van der Waals surface area contributed by atoms with Crippen molar-refractivity contribution in [2.45, 2.75) is 57.6 Å². The van der Waals surface area contributed by atoms with Gasteiger partial charge in [0.15, 0.2) is 0 Å². The molecule has 3 aliphatic heterocycles. The van der Waals surface area contributed by atoms with Gasteiger partial charge in [0.2, 0.25) is 0 Å². The van der Waals surface area contributed by atoms with E-state index in [1.165, 1.54) is 17.5 Å². The second-order valence-corrected chi connectivity index (χ2v) is 8.43. The fourth-order valence-electron chi connectivity index (χ4n) is 5.60. The van der Waals surface area contributed by atoms with E-state index in [2.05, 4.69) is 41.8 Å². The van der Waals surface area contributed by atoms with Gasteiger partial charge in [-0.25, -0.2) is 4.79 Å². The van der Waals surface area contributed by atoms with Crippen molar-refractivity contribution in [3.8, 4) is 5.75 Å². The zero-order valence-electron chi connectivity index (χ0n) is 14.7. The summed E-state index contributed by atoms with van der Waals surface area (Å²) in [6, 6.07) is 6.88. The highest BCUT2D eigenvalue weighted by molar-refractivity contribution is 5.76. The molecule has 2 saturated heterocycles. The van der Waals surface area contributed by atoms with E-state index < -0.39 is 0 Å². The molecule has 0 N–H and O–H groups in total. The number of hydrogen-bond acceptors (Lipinski definition) is 2. The van der Waals surface area contributed by atoms with Crippen LogP contribution in [0.4, 0.5) is 4.79 Å². The molecule has 1 aliphatic carbocycles. The summed E-state index contributed by atoms with van der Waals surface area (Å²) in [5.74, 6) is 1.06. The highest BCUT2D eigenvalue weighted by Crippen LogP contribution is 2.64. The number of fused-ring (bicyclic) bond motifs is 1. The highest BCUT2D eigenvalue weighted by Gasteiger charge is 2.66. The van der Waals surface area contributed by atoms with Crippen molar-refractivity contribution >= 4 is 6.03 Å². The number of ether oxygens (including phenoxy) is 1. The van der Waals surface area contributed by atoms with Crippen LogP contribution in [0, 0.1) is 5.41 Å². The zero-order valence-corrected chi connectivity index (χ0v) is 14.7. The first-order valence-corrected chi connectivity index (χ1v) is 9.41. The van der Waals surface area contributed by atoms with Gasteiger partial charge in [-0.3, -0.25) is 0 Å². The molecule has 4 nitrogen and oxygen atoms in total. The molecule has 0 aromatic heterocycles. The lowest BCUT2D eigenvalue weighted by atomic mass is 9.54. The minimum absolute atomic E-state index is 0.0436. The van der Waals surface area contributed by atoms with Crippen molar-refractivity contribution in [2.75, 3.05) is 19.6 Å². The van der Waals surface area contributed by atoms with E-state index in [1.807, 2.05) is 0 Å². The Morgan fingerprint density at radius 2 is 1.96 bits per heavy atom. The topological polar surface area (TPSA) is 32.8 Å². The predicted octanol–water partition coefficient (Wildman–Crippen LogP) is 3.54. The molecule has 2 bridgehead atoms. The molecular weight excluding hydrogens is 300 g/mol. The molecule has 1 spiro atoms. The quantitative estimate of drug-likeness (QED) is 0.730. The van der Waals surface area contributed by atoms with Crippen LogP contribution < -0.4 is 4.74 Å². The third-order valence-electron chi connectivity index (χ3n) is 7.04. The average Bonchev–Trinajstić information content (AvgIpc) is 2.55. The molecule has 0 saturated carbocycles. The summed E-state index contributed by atoms with van der Waals surface area (Å²) < 4.78 is 6.36. The molecule has 0 radical (unpaired) electrons. The van der Waals surface area contributed by atoms with Crippen LogP contribution >= 0.6 is 0 Å². The van der Waals surface area contributed by atoms with Crippen molar-refractivity contribution in [3.63, 3.8) is 0 Å². The van der Waals surface area contributed by atoms with Gasteiger partial charge in [-0.15, -0.1) is 0 Å². The summed E-state index contributed by atoms with van der Waals surface area (Å²) in [4.78, 5) is 17.4. The predicted molar refractivity (Wildman–Crippen MR) is 92.2 cm³/mol. The fraction of sp³-hybridized carbons (Fsp3) is 0.650. The Morgan fingerprint density at radius 3 is 2.75 bits per heavy atom. The van der Waals surface area contributed by atoms with Crippen LogP contribution in [-0.2, 0) is 12.0 Å². The van der Waals surface area contributed by atoms with Crippen LogP contribution in [0.2, 0.25) is 0 Å². The second kappa shape index (κ2) is 4.68. The normalized spacial score (nSPS) is 32.5. The Balaban J connectivity index is 1.52. The van der Waals surface area contributed by atoms with E-state index in [4.69, 9.17) is 4.74 Å². The molecule has 3 heterocycles. The van der Waals surface area contributed by atoms with Gasteiger partial charge in [0, 0.05) is 43.1 Å². The Morgan fingerprint density at radius 1 is 1.17 bits per heavy atom. The lowest BCUT2D eigenvalue weighted by Crippen LogP contribution is -2.71. The Hall–Kier alpha value is -1.71. The van der Waals surface area contributed by atoms with Crippen molar-refractivity contribution in [2.24, 2.45) is 5.41 Å². The van der Waals surface area contributed by atoms with Crippen molar-refractivity contribution < 1.29 is 9.53 Å². The molecule has 2 fully saturated rings. The molecule has 1 aromatic rings. The average molecular weight is 326 g/mol. The Kier molecular flexibility index (Phi) is 2.85. The third-order valence-corrected chi connectivity index (χ3v) is 7.04. The van der Waals surface area contributed by atoms with E-state index in [0.717, 1.165) is 51.1 Å². The number of hydrogen-bond donors (Lipinski definition) is 0. The number of amides is 2. The minimum Gasteiger partial charge on any atom is -0.481 e. The van der Waals surface area contributed by atoms with Gasteiger partial charge in [0.1, 0.15) is 11.4 Å². The summed E-state index contributed by atoms with van der Waals surface area (Å²) in [6.45, 7) is 7.26. The molecular formula is C20H26N2O2. The number of nitrogens with zero attached hydrogens (tertiary/aromatic N) is 2. The number of carbonyl (C=O) groups excluding carboxylic acids is 1. The molecule has 2 atom stereocenters. The number of likely N-dealkylation sites (tertiary alicyclic amines) is 2. The zero-order chi connectivity index (χ0) is 16.5. The van der Waals surface area contributed by atoms with Gasteiger partial charge >= 0.3 is 6.03 Å². The van der Waals surface area contributed by atoms with E-state index in [0.29, 0.717) is 0 Å². The maximum absolute atomic E-state index is 13.2. The van der Waals surface area contributed by atoms with E-state index in [1.54, 1.807) is 0 Å². The molecule has 24 heavy (non-hydrogen) atoms. The summed E-state index contributed by atoms with van der Waals surface area (Å²) in [6.07, 6.45) is 5.42. The summed E-state index contributed by atoms with van der Waals surface area (Å²) in [5, 5.41) is 0. The highest BCUT2D eigenvalue weighted by atomic mass is 16.5. The van der Waals surface area contributed by atoms with Crippen LogP contribution in [0.3, 0.4) is 0 Å². The minimum atomic E-state index is -0.180. The van der Waals surface area contributed by atoms with Crippen molar-refractivity contribution in [3.05, 3.63) is 29.3 Å². The van der Waals surface area contributed by atoms with Gasteiger partial charge < -0.3 is 14.5 Å². The number of rotatable bonds is 0. The number of carbonyl (C=O) groups is 1. The van der Waals surface area contributed by atoms with Gasteiger partial charge in [-0.2, -0.15) is 0 Å². The second-order valence-electron chi connectivity index (χ2n) is 8.43. The van der Waals surface area contributed by atoms with Crippen LogP contribution in [0.5, 0.6) is 5.75 Å². The van der Waals surface area contributed by atoms with Crippen LogP contribution in [0.25, 0.3) is 0 Å². The summed E-state index contributed by atoms with van der Waals surface area (Å²) >= 11 is 0.